The average molecular weight is 202 g/mol. The lowest BCUT2D eigenvalue weighted by molar-refractivity contribution is -0.385. The molecule has 1 N–H and O–H groups in total. The molecule has 0 heterocycles. The molecule has 0 aromatic heterocycles. The Labute approximate surface area is 77.7 Å². The van der Waals surface area contributed by atoms with Gasteiger partial charge in [0.25, 0.3) is 5.24 Å². The van der Waals surface area contributed by atoms with Crippen LogP contribution in [0.4, 0.5) is 5.69 Å². The summed E-state index contributed by atoms with van der Waals surface area (Å²) in [6.07, 6.45) is 0. The number of carbonyl (C=O) groups excluding carboxylic acids is 1. The molecule has 13 heavy (non-hydrogen) atoms. The van der Waals surface area contributed by atoms with Crippen LogP contribution in [0, 0.1) is 10.1 Å². The minimum absolute atomic E-state index is 0.0221. The highest BCUT2D eigenvalue weighted by Gasteiger charge is 2.15. The van der Waals surface area contributed by atoms with Crippen LogP contribution in [-0.4, -0.2) is 15.3 Å². The normalized spacial score (nSPS) is 9.62. The predicted octanol–water partition coefficient (Wildman–Crippen LogP) is 1.68. The second-order valence-corrected chi connectivity index (χ2v) is 2.58. The van der Waals surface area contributed by atoms with Crippen molar-refractivity contribution in [1.82, 2.24) is 0 Å². The zero-order valence-electron chi connectivity index (χ0n) is 6.23. The molecular weight excluding hydrogens is 198 g/mol. The van der Waals surface area contributed by atoms with E-state index in [-0.39, 0.29) is 5.56 Å². The predicted molar refractivity (Wildman–Crippen MR) is 44.9 cm³/mol. The van der Waals surface area contributed by atoms with E-state index in [1.807, 2.05) is 0 Å². The lowest BCUT2D eigenvalue weighted by atomic mass is 10.2. The summed E-state index contributed by atoms with van der Waals surface area (Å²) in [6.45, 7) is 0. The Morgan fingerprint density at radius 3 is 2.62 bits per heavy atom. The Hall–Kier alpha value is -1.62. The molecule has 0 saturated carbocycles. The number of nitrogens with zero attached hydrogens (tertiary/aromatic N) is 1. The number of nitro groups is 1. The van der Waals surface area contributed by atoms with E-state index in [2.05, 4.69) is 0 Å². The van der Waals surface area contributed by atoms with Gasteiger partial charge in [0.05, 0.1) is 4.92 Å². The second kappa shape index (κ2) is 3.40. The smallest absolute Gasteiger partial charge is 0.311 e. The maximum atomic E-state index is 10.6. The number of rotatable bonds is 2. The number of phenolic OH excluding ortho intramolecular Hbond substituents is 1. The maximum absolute atomic E-state index is 10.6. The zero-order valence-corrected chi connectivity index (χ0v) is 6.99. The molecule has 0 atom stereocenters. The van der Waals surface area contributed by atoms with Gasteiger partial charge in [0, 0.05) is 11.6 Å². The Kier molecular flexibility index (Phi) is 2.48. The molecule has 0 unspecified atom stereocenters. The number of halogens is 1. The van der Waals surface area contributed by atoms with Gasteiger partial charge >= 0.3 is 5.69 Å². The fourth-order valence-electron chi connectivity index (χ4n) is 0.792. The molecule has 0 fully saturated rings. The van der Waals surface area contributed by atoms with Crippen LogP contribution in [0.1, 0.15) is 10.4 Å². The Balaban J connectivity index is 3.27. The van der Waals surface area contributed by atoms with Crippen molar-refractivity contribution < 1.29 is 14.8 Å². The molecule has 68 valence electrons. The highest BCUT2D eigenvalue weighted by Crippen LogP contribution is 2.26. The molecule has 5 nitrogen and oxygen atoms in total. The largest absolute Gasteiger partial charge is 0.502 e. The highest BCUT2D eigenvalue weighted by molar-refractivity contribution is 6.67. The number of benzene rings is 1. The van der Waals surface area contributed by atoms with Crippen LogP contribution in [0.25, 0.3) is 0 Å². The minimum atomic E-state index is -0.803. The average Bonchev–Trinajstić information content (AvgIpc) is 2.04. The van der Waals surface area contributed by atoms with Crippen molar-refractivity contribution in [2.45, 2.75) is 0 Å². The van der Waals surface area contributed by atoms with Crippen molar-refractivity contribution in [2.24, 2.45) is 0 Å². The third kappa shape index (κ3) is 1.94. The summed E-state index contributed by atoms with van der Waals surface area (Å²) in [4.78, 5) is 20.1. The van der Waals surface area contributed by atoms with Gasteiger partial charge in [0.1, 0.15) is 0 Å². The first-order valence-electron chi connectivity index (χ1n) is 3.19. The first-order valence-corrected chi connectivity index (χ1v) is 3.57. The van der Waals surface area contributed by atoms with Crippen LogP contribution in [-0.2, 0) is 0 Å². The maximum Gasteiger partial charge on any atom is 0.311 e. The van der Waals surface area contributed by atoms with E-state index in [4.69, 9.17) is 16.7 Å². The highest BCUT2D eigenvalue weighted by atomic mass is 35.5. The molecule has 0 radical (unpaired) electrons. The molecule has 0 spiro atoms. The first-order chi connectivity index (χ1) is 6.02. The monoisotopic (exact) mass is 201 g/mol. The lowest BCUT2D eigenvalue weighted by Crippen LogP contribution is -1.93. The zero-order chi connectivity index (χ0) is 10.0. The molecule has 0 amide bonds. The number of phenols is 1. The Bertz CT molecular complexity index is 377. The van der Waals surface area contributed by atoms with Crippen LogP contribution in [0.3, 0.4) is 0 Å². The van der Waals surface area contributed by atoms with E-state index in [1.165, 1.54) is 6.07 Å². The first kappa shape index (κ1) is 9.47. The van der Waals surface area contributed by atoms with Gasteiger partial charge in [-0.05, 0) is 23.7 Å². The Morgan fingerprint density at radius 2 is 2.15 bits per heavy atom. The van der Waals surface area contributed by atoms with Crippen LogP contribution < -0.4 is 0 Å². The Morgan fingerprint density at radius 1 is 1.54 bits per heavy atom. The number of aromatic hydroxyl groups is 1. The number of hydrogen-bond donors (Lipinski definition) is 1. The second-order valence-electron chi connectivity index (χ2n) is 2.23. The summed E-state index contributed by atoms with van der Waals surface area (Å²) in [5.41, 5.74) is -0.558. The lowest BCUT2D eigenvalue weighted by Gasteiger charge is -1.96. The van der Waals surface area contributed by atoms with Crippen molar-refractivity contribution in [3.8, 4) is 5.75 Å². The van der Waals surface area contributed by atoms with Gasteiger partial charge in [0.2, 0.25) is 0 Å². The van der Waals surface area contributed by atoms with E-state index >= 15 is 0 Å². The SMILES string of the molecule is O=C(Cl)c1ccc(O)c([N+](=O)[O-])c1. The summed E-state index contributed by atoms with van der Waals surface area (Å²) >= 11 is 5.09. The van der Waals surface area contributed by atoms with Crippen LogP contribution in [0.2, 0.25) is 0 Å². The fourth-order valence-corrected chi connectivity index (χ4v) is 0.909. The van der Waals surface area contributed by atoms with Crippen LogP contribution in [0.15, 0.2) is 18.2 Å². The molecule has 0 bridgehead atoms. The van der Waals surface area contributed by atoms with Crippen LogP contribution in [0.5, 0.6) is 5.75 Å². The fraction of sp³-hybridized carbons (Fsp3) is 0. The standard InChI is InChI=1S/C7H4ClNO4/c8-7(11)4-1-2-6(10)5(3-4)9(12)13/h1-3,10H. The molecule has 1 aromatic carbocycles. The van der Waals surface area contributed by atoms with Gasteiger partial charge in [-0.1, -0.05) is 0 Å². The molecule has 6 heteroatoms. The molecule has 0 aliphatic rings. The summed E-state index contributed by atoms with van der Waals surface area (Å²) < 4.78 is 0. The third-order valence-electron chi connectivity index (χ3n) is 1.40. The van der Waals surface area contributed by atoms with Gasteiger partial charge in [-0.3, -0.25) is 14.9 Å². The van der Waals surface area contributed by atoms with E-state index < -0.39 is 21.6 Å². The third-order valence-corrected chi connectivity index (χ3v) is 1.62. The van der Waals surface area contributed by atoms with Gasteiger partial charge in [-0.2, -0.15) is 0 Å². The van der Waals surface area contributed by atoms with Crippen molar-refractivity contribution in [1.29, 1.82) is 0 Å². The van der Waals surface area contributed by atoms with Crippen molar-refractivity contribution >= 4 is 22.5 Å². The van der Waals surface area contributed by atoms with Crippen molar-refractivity contribution in [3.05, 3.63) is 33.9 Å². The molecule has 0 aliphatic heterocycles. The van der Waals surface area contributed by atoms with Crippen LogP contribution >= 0.6 is 11.6 Å². The molecule has 1 rings (SSSR count). The van der Waals surface area contributed by atoms with Gasteiger partial charge in [-0.25, -0.2) is 0 Å². The van der Waals surface area contributed by atoms with E-state index in [1.54, 1.807) is 0 Å². The number of carbonyl (C=O) groups is 1. The summed E-state index contributed by atoms with van der Waals surface area (Å²) in [5, 5.41) is 18.5. The summed E-state index contributed by atoms with van der Waals surface area (Å²) in [5.74, 6) is -0.494. The number of hydrogen-bond acceptors (Lipinski definition) is 4. The van der Waals surface area contributed by atoms with Crippen molar-refractivity contribution in [3.63, 3.8) is 0 Å². The molecule has 0 aliphatic carbocycles. The van der Waals surface area contributed by atoms with Gasteiger partial charge in [-0.15, -0.1) is 0 Å². The molecular formula is C7H4ClNO4. The van der Waals surface area contributed by atoms with Gasteiger partial charge in [0.15, 0.2) is 5.75 Å². The minimum Gasteiger partial charge on any atom is -0.502 e. The van der Waals surface area contributed by atoms with Gasteiger partial charge < -0.3 is 5.11 Å². The number of nitro benzene ring substituents is 1. The van der Waals surface area contributed by atoms with E-state index in [9.17, 15) is 14.9 Å². The quantitative estimate of drug-likeness (QED) is 0.448. The van der Waals surface area contributed by atoms with Crippen molar-refractivity contribution in [2.75, 3.05) is 0 Å². The molecule has 0 saturated heterocycles. The summed E-state index contributed by atoms with van der Waals surface area (Å²) in [6, 6.07) is 3.18. The topological polar surface area (TPSA) is 80.4 Å². The summed E-state index contributed by atoms with van der Waals surface area (Å²) in [7, 11) is 0. The van der Waals surface area contributed by atoms with E-state index in [0.717, 1.165) is 12.1 Å². The molecule has 1 aromatic rings. The van der Waals surface area contributed by atoms with E-state index in [0.29, 0.717) is 0 Å².